The van der Waals surface area contributed by atoms with Crippen LogP contribution >= 0.6 is 11.6 Å². The van der Waals surface area contributed by atoms with Crippen LogP contribution < -0.4 is 9.80 Å². The van der Waals surface area contributed by atoms with Gasteiger partial charge >= 0.3 is 0 Å². The summed E-state index contributed by atoms with van der Waals surface area (Å²) >= 11 is 6.00. The molecule has 2 atom stereocenters. The SMILES string of the molecule is C[C@@H]1CN(c2ccccc2)C[C@H](C)N1c1ccc(Cl)cc1. The quantitative estimate of drug-likeness (QED) is 0.809. The topological polar surface area (TPSA) is 6.48 Å². The molecule has 0 aliphatic carbocycles. The molecule has 1 fully saturated rings. The second kappa shape index (κ2) is 5.98. The third kappa shape index (κ3) is 3.01. The van der Waals surface area contributed by atoms with Gasteiger partial charge in [0.1, 0.15) is 0 Å². The third-order valence-electron chi connectivity index (χ3n) is 4.17. The van der Waals surface area contributed by atoms with Crippen molar-refractivity contribution in [2.24, 2.45) is 0 Å². The third-order valence-corrected chi connectivity index (χ3v) is 4.42. The lowest BCUT2D eigenvalue weighted by Gasteiger charge is -2.46. The monoisotopic (exact) mass is 300 g/mol. The molecule has 2 aromatic carbocycles. The molecular formula is C18H21ClN2. The van der Waals surface area contributed by atoms with E-state index in [1.807, 2.05) is 12.1 Å². The first-order valence-electron chi connectivity index (χ1n) is 7.49. The van der Waals surface area contributed by atoms with Gasteiger partial charge in [-0.3, -0.25) is 0 Å². The largest absolute Gasteiger partial charge is 0.367 e. The van der Waals surface area contributed by atoms with Crippen LogP contribution in [0.3, 0.4) is 0 Å². The Morgan fingerprint density at radius 1 is 0.810 bits per heavy atom. The molecule has 110 valence electrons. The summed E-state index contributed by atoms with van der Waals surface area (Å²) in [6.45, 7) is 6.66. The van der Waals surface area contributed by atoms with Gasteiger partial charge in [-0.25, -0.2) is 0 Å². The van der Waals surface area contributed by atoms with E-state index in [2.05, 4.69) is 66.1 Å². The van der Waals surface area contributed by atoms with Crippen molar-refractivity contribution in [2.45, 2.75) is 25.9 Å². The van der Waals surface area contributed by atoms with E-state index in [-0.39, 0.29) is 0 Å². The van der Waals surface area contributed by atoms with E-state index in [1.54, 1.807) is 0 Å². The van der Waals surface area contributed by atoms with Crippen molar-refractivity contribution >= 4 is 23.0 Å². The van der Waals surface area contributed by atoms with E-state index in [9.17, 15) is 0 Å². The number of hydrogen-bond acceptors (Lipinski definition) is 2. The predicted molar refractivity (Wildman–Crippen MR) is 91.5 cm³/mol. The molecule has 0 aromatic heterocycles. The summed E-state index contributed by atoms with van der Waals surface area (Å²) in [6.07, 6.45) is 0. The molecule has 0 unspecified atom stereocenters. The van der Waals surface area contributed by atoms with E-state index in [4.69, 9.17) is 11.6 Å². The van der Waals surface area contributed by atoms with Gasteiger partial charge in [-0.1, -0.05) is 29.8 Å². The van der Waals surface area contributed by atoms with E-state index in [0.717, 1.165) is 18.1 Å². The number of halogens is 1. The van der Waals surface area contributed by atoms with Crippen LogP contribution in [0.25, 0.3) is 0 Å². The Kier molecular flexibility index (Phi) is 4.07. The summed E-state index contributed by atoms with van der Waals surface area (Å²) in [6, 6.07) is 19.8. The minimum Gasteiger partial charge on any atom is -0.367 e. The minimum atomic E-state index is 0.468. The molecule has 0 amide bonds. The van der Waals surface area contributed by atoms with Gasteiger partial charge < -0.3 is 9.80 Å². The van der Waals surface area contributed by atoms with Crippen LogP contribution in [0.2, 0.25) is 5.02 Å². The summed E-state index contributed by atoms with van der Waals surface area (Å²) < 4.78 is 0. The summed E-state index contributed by atoms with van der Waals surface area (Å²) in [5.41, 5.74) is 2.57. The molecule has 1 aliphatic heterocycles. The Balaban J connectivity index is 1.80. The summed E-state index contributed by atoms with van der Waals surface area (Å²) in [5.74, 6) is 0. The molecule has 1 saturated heterocycles. The highest BCUT2D eigenvalue weighted by atomic mass is 35.5. The van der Waals surface area contributed by atoms with E-state index >= 15 is 0 Å². The van der Waals surface area contributed by atoms with Crippen molar-refractivity contribution in [2.75, 3.05) is 22.9 Å². The van der Waals surface area contributed by atoms with Gasteiger partial charge in [-0.05, 0) is 50.2 Å². The van der Waals surface area contributed by atoms with Gasteiger partial charge in [0.15, 0.2) is 0 Å². The Morgan fingerprint density at radius 2 is 1.38 bits per heavy atom. The van der Waals surface area contributed by atoms with Crippen LogP contribution in [0, 0.1) is 0 Å². The zero-order valence-electron chi connectivity index (χ0n) is 12.5. The molecule has 21 heavy (non-hydrogen) atoms. The van der Waals surface area contributed by atoms with E-state index < -0.39 is 0 Å². The second-order valence-electron chi connectivity index (χ2n) is 5.82. The normalized spacial score (nSPS) is 22.4. The van der Waals surface area contributed by atoms with Crippen LogP contribution in [0.1, 0.15) is 13.8 Å². The van der Waals surface area contributed by atoms with Crippen LogP contribution in [0.5, 0.6) is 0 Å². The van der Waals surface area contributed by atoms with Crippen molar-refractivity contribution in [3.05, 3.63) is 59.6 Å². The minimum absolute atomic E-state index is 0.468. The van der Waals surface area contributed by atoms with Crippen molar-refractivity contribution < 1.29 is 0 Å². The lowest BCUT2D eigenvalue weighted by molar-refractivity contribution is 0.475. The standard InChI is InChI=1S/C18H21ClN2/c1-14-12-20(17-6-4-3-5-7-17)13-15(2)21(14)18-10-8-16(19)9-11-18/h3-11,14-15H,12-13H2,1-2H3/t14-,15+. The molecule has 2 nitrogen and oxygen atoms in total. The molecule has 1 aliphatic rings. The van der Waals surface area contributed by atoms with Crippen molar-refractivity contribution in [3.63, 3.8) is 0 Å². The predicted octanol–water partition coefficient (Wildman–Crippen LogP) is 4.44. The average molecular weight is 301 g/mol. The summed E-state index contributed by atoms with van der Waals surface area (Å²) in [5, 5.41) is 0.793. The lowest BCUT2D eigenvalue weighted by atomic mass is 10.1. The highest BCUT2D eigenvalue weighted by molar-refractivity contribution is 6.30. The van der Waals surface area contributed by atoms with Crippen LogP contribution in [-0.2, 0) is 0 Å². The molecule has 0 saturated carbocycles. The average Bonchev–Trinajstić information content (AvgIpc) is 2.49. The number of rotatable bonds is 2. The molecular weight excluding hydrogens is 280 g/mol. The smallest absolute Gasteiger partial charge is 0.0440 e. The molecule has 0 bridgehead atoms. The molecule has 0 radical (unpaired) electrons. The highest BCUT2D eigenvalue weighted by Gasteiger charge is 2.29. The maximum atomic E-state index is 6.00. The number of benzene rings is 2. The van der Waals surface area contributed by atoms with Gasteiger partial charge in [-0.15, -0.1) is 0 Å². The van der Waals surface area contributed by atoms with Crippen molar-refractivity contribution in [1.82, 2.24) is 0 Å². The number of piperazine rings is 1. The van der Waals surface area contributed by atoms with Gasteiger partial charge in [0.25, 0.3) is 0 Å². The van der Waals surface area contributed by atoms with Crippen LogP contribution in [0.4, 0.5) is 11.4 Å². The lowest BCUT2D eigenvalue weighted by Crippen LogP contribution is -2.57. The van der Waals surface area contributed by atoms with Crippen LogP contribution in [-0.4, -0.2) is 25.2 Å². The fraction of sp³-hybridized carbons (Fsp3) is 0.333. The molecule has 0 spiro atoms. The number of hydrogen-bond donors (Lipinski definition) is 0. The molecule has 1 heterocycles. The fourth-order valence-electron chi connectivity index (χ4n) is 3.29. The number of para-hydroxylation sites is 1. The van der Waals surface area contributed by atoms with E-state index in [1.165, 1.54) is 11.4 Å². The van der Waals surface area contributed by atoms with Gasteiger partial charge in [-0.2, -0.15) is 0 Å². The first-order valence-corrected chi connectivity index (χ1v) is 7.87. The molecule has 2 aromatic rings. The Bertz CT molecular complexity index is 570. The highest BCUT2D eigenvalue weighted by Crippen LogP contribution is 2.28. The first-order chi connectivity index (χ1) is 10.1. The zero-order chi connectivity index (χ0) is 14.8. The first kappa shape index (κ1) is 14.3. The zero-order valence-corrected chi connectivity index (χ0v) is 13.3. The summed E-state index contributed by atoms with van der Waals surface area (Å²) in [4.78, 5) is 4.97. The maximum Gasteiger partial charge on any atom is 0.0440 e. The molecule has 3 heteroatoms. The maximum absolute atomic E-state index is 6.00. The van der Waals surface area contributed by atoms with Crippen molar-refractivity contribution in [3.8, 4) is 0 Å². The number of anilines is 2. The Morgan fingerprint density at radius 3 is 1.95 bits per heavy atom. The Hall–Kier alpha value is -1.67. The van der Waals surface area contributed by atoms with Gasteiger partial charge in [0.05, 0.1) is 0 Å². The molecule has 0 N–H and O–H groups in total. The second-order valence-corrected chi connectivity index (χ2v) is 6.26. The van der Waals surface area contributed by atoms with Crippen LogP contribution in [0.15, 0.2) is 54.6 Å². The molecule has 3 rings (SSSR count). The summed E-state index contributed by atoms with van der Waals surface area (Å²) in [7, 11) is 0. The number of nitrogens with zero attached hydrogens (tertiary/aromatic N) is 2. The fourth-order valence-corrected chi connectivity index (χ4v) is 3.42. The Labute approximate surface area is 131 Å². The van der Waals surface area contributed by atoms with Gasteiger partial charge in [0, 0.05) is 41.6 Å². The van der Waals surface area contributed by atoms with Crippen molar-refractivity contribution in [1.29, 1.82) is 0 Å². The van der Waals surface area contributed by atoms with E-state index in [0.29, 0.717) is 12.1 Å². The van der Waals surface area contributed by atoms with Gasteiger partial charge in [0.2, 0.25) is 0 Å².